The molecule has 13 heavy (non-hydrogen) atoms. The molecule has 1 heterocycles. The summed E-state index contributed by atoms with van der Waals surface area (Å²) in [6, 6.07) is 2.15. The van der Waals surface area contributed by atoms with Crippen LogP contribution in [0.1, 0.15) is 35.8 Å². The van der Waals surface area contributed by atoms with Crippen molar-refractivity contribution in [3.05, 3.63) is 21.5 Å². The lowest BCUT2D eigenvalue weighted by Gasteiger charge is -2.28. The minimum atomic E-state index is -0.824. The fourth-order valence-corrected chi connectivity index (χ4v) is 2.18. The van der Waals surface area contributed by atoms with Crippen molar-refractivity contribution in [3.8, 4) is 0 Å². The monoisotopic (exact) mass is 291 g/mol. The largest absolute Gasteiger partial charge is 0.477 e. The molecule has 4 heteroatoms. The van der Waals surface area contributed by atoms with Crippen molar-refractivity contribution in [1.29, 1.82) is 0 Å². The van der Waals surface area contributed by atoms with Gasteiger partial charge in [-0.25, -0.2) is 4.79 Å². The van der Waals surface area contributed by atoms with E-state index in [0.717, 1.165) is 16.4 Å². The molecule has 0 amide bonds. The summed E-state index contributed by atoms with van der Waals surface area (Å²) in [6.45, 7) is 0. The molecule has 1 N–H and O–H groups in total. The summed E-state index contributed by atoms with van der Waals surface area (Å²) < 4.78 is 2.90. The molecule has 0 saturated heterocycles. The van der Waals surface area contributed by atoms with E-state index in [1.807, 2.05) is 10.8 Å². The molecular formula is C9H10INO2. The van der Waals surface area contributed by atoms with Gasteiger partial charge in [0.25, 0.3) is 0 Å². The van der Waals surface area contributed by atoms with Crippen LogP contribution in [0.15, 0.2) is 12.3 Å². The van der Waals surface area contributed by atoms with Gasteiger partial charge in [-0.2, -0.15) is 0 Å². The first-order chi connectivity index (χ1) is 6.18. The first kappa shape index (κ1) is 9.05. The molecule has 0 aromatic carbocycles. The van der Waals surface area contributed by atoms with E-state index in [1.165, 1.54) is 6.42 Å². The third kappa shape index (κ3) is 1.59. The Morgan fingerprint density at radius 1 is 1.62 bits per heavy atom. The summed E-state index contributed by atoms with van der Waals surface area (Å²) in [5.74, 6) is -0.824. The summed E-state index contributed by atoms with van der Waals surface area (Å²) in [5.41, 5.74) is 0.425. The number of nitrogens with zero attached hydrogens (tertiary/aromatic N) is 1. The van der Waals surface area contributed by atoms with Gasteiger partial charge in [0, 0.05) is 15.8 Å². The van der Waals surface area contributed by atoms with Crippen molar-refractivity contribution in [2.45, 2.75) is 25.3 Å². The maximum Gasteiger partial charge on any atom is 0.352 e. The summed E-state index contributed by atoms with van der Waals surface area (Å²) in [7, 11) is 0. The molecule has 70 valence electrons. The highest BCUT2D eigenvalue weighted by Crippen LogP contribution is 2.33. The quantitative estimate of drug-likeness (QED) is 0.851. The molecule has 0 bridgehead atoms. The van der Waals surface area contributed by atoms with Crippen molar-refractivity contribution < 1.29 is 9.90 Å². The molecule has 1 fully saturated rings. The van der Waals surface area contributed by atoms with Crippen molar-refractivity contribution in [2.75, 3.05) is 0 Å². The summed E-state index contributed by atoms with van der Waals surface area (Å²) in [6.07, 6.45) is 5.38. The van der Waals surface area contributed by atoms with Gasteiger partial charge in [-0.1, -0.05) is 0 Å². The zero-order chi connectivity index (χ0) is 9.42. The van der Waals surface area contributed by atoms with Gasteiger partial charge in [-0.3, -0.25) is 0 Å². The topological polar surface area (TPSA) is 42.2 Å². The van der Waals surface area contributed by atoms with E-state index >= 15 is 0 Å². The first-order valence-electron chi connectivity index (χ1n) is 4.29. The summed E-state index contributed by atoms with van der Waals surface area (Å²) in [5, 5.41) is 8.92. The Morgan fingerprint density at radius 3 is 2.77 bits per heavy atom. The van der Waals surface area contributed by atoms with Gasteiger partial charge in [0.2, 0.25) is 0 Å². The molecule has 0 atom stereocenters. The molecule has 3 nitrogen and oxygen atoms in total. The molecule has 0 unspecified atom stereocenters. The highest BCUT2D eigenvalue weighted by molar-refractivity contribution is 14.1. The normalized spacial score (nSPS) is 17.0. The highest BCUT2D eigenvalue weighted by Gasteiger charge is 2.23. The Morgan fingerprint density at radius 2 is 2.31 bits per heavy atom. The number of rotatable bonds is 2. The lowest BCUT2D eigenvalue weighted by atomic mass is 9.93. The van der Waals surface area contributed by atoms with Crippen LogP contribution in [0.25, 0.3) is 0 Å². The van der Waals surface area contributed by atoms with Crippen molar-refractivity contribution in [2.24, 2.45) is 0 Å². The number of carboxylic acid groups (broad SMARTS) is 1. The summed E-state index contributed by atoms with van der Waals surface area (Å²) >= 11 is 2.15. The number of hydrogen-bond acceptors (Lipinski definition) is 1. The Balaban J connectivity index is 2.36. The van der Waals surface area contributed by atoms with Gasteiger partial charge in [-0.05, 0) is 47.9 Å². The van der Waals surface area contributed by atoms with Gasteiger partial charge in [0.1, 0.15) is 5.69 Å². The van der Waals surface area contributed by atoms with E-state index in [-0.39, 0.29) is 0 Å². The predicted molar refractivity (Wildman–Crippen MR) is 57.0 cm³/mol. The maximum absolute atomic E-state index is 10.9. The molecule has 0 radical (unpaired) electrons. The number of aromatic nitrogens is 1. The van der Waals surface area contributed by atoms with E-state index in [2.05, 4.69) is 22.6 Å². The smallest absolute Gasteiger partial charge is 0.352 e. The SMILES string of the molecule is O=C(O)c1cc(I)cn1C1CCC1. The van der Waals surface area contributed by atoms with Crippen molar-refractivity contribution >= 4 is 28.6 Å². The average molecular weight is 291 g/mol. The average Bonchev–Trinajstić information content (AvgIpc) is 2.27. The molecule has 1 saturated carbocycles. The molecule has 1 aromatic rings. The zero-order valence-electron chi connectivity index (χ0n) is 7.03. The van der Waals surface area contributed by atoms with Gasteiger partial charge in [-0.15, -0.1) is 0 Å². The van der Waals surface area contributed by atoms with Crippen LogP contribution in [0.5, 0.6) is 0 Å². The third-order valence-electron chi connectivity index (χ3n) is 2.50. The van der Waals surface area contributed by atoms with Crippen molar-refractivity contribution in [3.63, 3.8) is 0 Å². The first-order valence-corrected chi connectivity index (χ1v) is 5.37. The van der Waals surface area contributed by atoms with E-state index in [9.17, 15) is 4.79 Å². The predicted octanol–water partition coefficient (Wildman–Crippen LogP) is 2.52. The molecule has 0 spiro atoms. The second-order valence-corrected chi connectivity index (χ2v) is 4.59. The van der Waals surface area contributed by atoms with E-state index in [4.69, 9.17) is 5.11 Å². The van der Waals surface area contributed by atoms with Crippen LogP contribution in [-0.4, -0.2) is 15.6 Å². The van der Waals surface area contributed by atoms with Crippen LogP contribution in [0, 0.1) is 3.57 Å². The van der Waals surface area contributed by atoms with Crippen LogP contribution in [0.2, 0.25) is 0 Å². The summed E-state index contributed by atoms with van der Waals surface area (Å²) in [4.78, 5) is 10.9. The van der Waals surface area contributed by atoms with Gasteiger partial charge >= 0.3 is 5.97 Å². The molecule has 0 aliphatic heterocycles. The number of hydrogen-bond donors (Lipinski definition) is 1. The molecular weight excluding hydrogens is 281 g/mol. The number of carbonyl (C=O) groups is 1. The Kier molecular flexibility index (Phi) is 2.31. The fraction of sp³-hybridized carbons (Fsp3) is 0.444. The van der Waals surface area contributed by atoms with Crippen LogP contribution in [0.4, 0.5) is 0 Å². The maximum atomic E-state index is 10.9. The Labute approximate surface area is 89.9 Å². The lowest BCUT2D eigenvalue weighted by molar-refractivity contribution is 0.0679. The van der Waals surface area contributed by atoms with Crippen LogP contribution in [0.3, 0.4) is 0 Å². The van der Waals surface area contributed by atoms with Crippen LogP contribution in [-0.2, 0) is 0 Å². The fourth-order valence-electron chi connectivity index (χ4n) is 1.58. The minimum Gasteiger partial charge on any atom is -0.477 e. The molecule has 1 aliphatic rings. The van der Waals surface area contributed by atoms with Crippen molar-refractivity contribution in [1.82, 2.24) is 4.57 Å². The zero-order valence-corrected chi connectivity index (χ0v) is 9.19. The highest BCUT2D eigenvalue weighted by atomic mass is 127. The Hall–Kier alpha value is -0.520. The number of aromatic carboxylic acids is 1. The Bertz CT molecular complexity index is 341. The third-order valence-corrected chi connectivity index (χ3v) is 3.09. The van der Waals surface area contributed by atoms with E-state index in [1.54, 1.807) is 6.07 Å². The minimum absolute atomic E-state index is 0.425. The standard InChI is InChI=1S/C9H10INO2/c10-6-4-8(9(12)13)11(5-6)7-2-1-3-7/h4-5,7H,1-3H2,(H,12,13). The van der Waals surface area contributed by atoms with E-state index < -0.39 is 5.97 Å². The van der Waals surface area contributed by atoms with Gasteiger partial charge < -0.3 is 9.67 Å². The number of carboxylic acids is 1. The van der Waals surface area contributed by atoms with Crippen LogP contribution >= 0.6 is 22.6 Å². The van der Waals surface area contributed by atoms with Gasteiger partial charge in [0.15, 0.2) is 0 Å². The second kappa shape index (κ2) is 3.32. The van der Waals surface area contributed by atoms with Gasteiger partial charge in [0.05, 0.1) is 0 Å². The second-order valence-electron chi connectivity index (χ2n) is 3.34. The molecule has 1 aliphatic carbocycles. The van der Waals surface area contributed by atoms with Crippen LogP contribution < -0.4 is 0 Å². The lowest BCUT2D eigenvalue weighted by Crippen LogP contribution is -2.20. The number of halogens is 1. The molecule has 2 rings (SSSR count). The van der Waals surface area contributed by atoms with E-state index in [0.29, 0.717) is 11.7 Å². The molecule has 1 aromatic heterocycles.